The van der Waals surface area contributed by atoms with E-state index in [1.165, 1.54) is 37.1 Å². The van der Waals surface area contributed by atoms with E-state index in [0.717, 1.165) is 12.3 Å². The lowest BCUT2D eigenvalue weighted by atomic mass is 9.85. The first-order valence-electron chi connectivity index (χ1n) is 6.77. The largest absolute Gasteiger partial charge is 0.374 e. The third-order valence-corrected chi connectivity index (χ3v) is 3.96. The summed E-state index contributed by atoms with van der Waals surface area (Å²) in [5.74, 6) is 0.914. The molecule has 0 heterocycles. The van der Waals surface area contributed by atoms with Crippen molar-refractivity contribution < 1.29 is 0 Å². The first-order valence-corrected chi connectivity index (χ1v) is 6.77. The molecule has 1 atom stereocenters. The Balaban J connectivity index is 1.96. The van der Waals surface area contributed by atoms with Gasteiger partial charge in [-0.3, -0.25) is 0 Å². The molecule has 1 aliphatic rings. The summed E-state index contributed by atoms with van der Waals surface area (Å²) in [5, 5.41) is 0. The summed E-state index contributed by atoms with van der Waals surface area (Å²) >= 11 is 0. The second-order valence-corrected chi connectivity index (χ2v) is 5.28. The lowest BCUT2D eigenvalue weighted by Gasteiger charge is -2.31. The molecular weight excluding hydrogens is 208 g/mol. The minimum Gasteiger partial charge on any atom is -0.374 e. The highest BCUT2D eigenvalue weighted by atomic mass is 15.1. The molecule has 0 aromatic heterocycles. The lowest BCUT2D eigenvalue weighted by Crippen LogP contribution is -2.29. The summed E-state index contributed by atoms with van der Waals surface area (Å²) in [6.45, 7) is 3.32. The molecule has 2 rings (SSSR count). The van der Waals surface area contributed by atoms with E-state index in [1.807, 2.05) is 0 Å². The molecule has 0 amide bonds. The maximum Gasteiger partial charge on any atom is 0.0363 e. The van der Waals surface area contributed by atoms with Gasteiger partial charge in [0.1, 0.15) is 0 Å². The zero-order valence-corrected chi connectivity index (χ0v) is 11.0. The van der Waals surface area contributed by atoms with Crippen LogP contribution in [0, 0.1) is 5.92 Å². The Bertz CT molecular complexity index is 340. The quantitative estimate of drug-likeness (QED) is 0.843. The third-order valence-electron chi connectivity index (χ3n) is 3.96. The molecule has 0 unspecified atom stereocenters. The van der Waals surface area contributed by atoms with Gasteiger partial charge in [0.15, 0.2) is 0 Å². The van der Waals surface area contributed by atoms with Gasteiger partial charge in [0, 0.05) is 25.3 Å². The molecule has 0 saturated heterocycles. The molecule has 17 heavy (non-hydrogen) atoms. The Kier molecular flexibility index (Phi) is 4.06. The summed E-state index contributed by atoms with van der Waals surface area (Å²) in [7, 11) is 2.19. The van der Waals surface area contributed by atoms with E-state index in [4.69, 9.17) is 5.73 Å². The van der Waals surface area contributed by atoms with Crippen LogP contribution >= 0.6 is 0 Å². The number of rotatable bonds is 5. The van der Waals surface area contributed by atoms with Crippen molar-refractivity contribution >= 4 is 5.69 Å². The van der Waals surface area contributed by atoms with Gasteiger partial charge in [-0.15, -0.1) is 0 Å². The van der Waals surface area contributed by atoms with E-state index in [-0.39, 0.29) is 6.04 Å². The predicted octanol–water partition coefficient (Wildman–Crippen LogP) is 3.33. The minimum absolute atomic E-state index is 0.181. The molecule has 1 aromatic carbocycles. The fraction of sp³-hybridized carbons (Fsp3) is 0.600. The summed E-state index contributed by atoms with van der Waals surface area (Å²) in [6, 6.07) is 8.91. The Labute approximate surface area is 105 Å². The highest BCUT2D eigenvalue weighted by Gasteiger charge is 2.19. The molecule has 94 valence electrons. The minimum atomic E-state index is 0.181. The van der Waals surface area contributed by atoms with E-state index in [9.17, 15) is 0 Å². The summed E-state index contributed by atoms with van der Waals surface area (Å²) < 4.78 is 0. The molecule has 1 fully saturated rings. The molecule has 1 saturated carbocycles. The number of hydrogen-bond acceptors (Lipinski definition) is 2. The van der Waals surface area contributed by atoms with Crippen LogP contribution in [0.1, 0.15) is 44.2 Å². The van der Waals surface area contributed by atoms with Crippen molar-refractivity contribution in [2.75, 3.05) is 18.5 Å². The van der Waals surface area contributed by atoms with Gasteiger partial charge >= 0.3 is 0 Å². The van der Waals surface area contributed by atoms with Crippen LogP contribution in [0.5, 0.6) is 0 Å². The molecule has 1 aromatic rings. The van der Waals surface area contributed by atoms with Crippen molar-refractivity contribution in [2.45, 2.75) is 38.6 Å². The molecule has 0 bridgehead atoms. The van der Waals surface area contributed by atoms with Crippen LogP contribution in [0.25, 0.3) is 0 Å². The van der Waals surface area contributed by atoms with E-state index in [1.54, 1.807) is 0 Å². The van der Waals surface area contributed by atoms with Gasteiger partial charge in [-0.2, -0.15) is 0 Å². The van der Waals surface area contributed by atoms with Gasteiger partial charge in [-0.05, 0) is 42.9 Å². The van der Waals surface area contributed by atoms with Crippen molar-refractivity contribution in [2.24, 2.45) is 11.7 Å². The summed E-state index contributed by atoms with van der Waals surface area (Å²) in [6.07, 6.45) is 5.23. The zero-order chi connectivity index (χ0) is 12.3. The van der Waals surface area contributed by atoms with E-state index in [0.29, 0.717) is 0 Å². The van der Waals surface area contributed by atoms with Crippen LogP contribution in [-0.4, -0.2) is 13.6 Å². The third kappa shape index (κ3) is 3.01. The monoisotopic (exact) mass is 232 g/mol. The number of nitrogens with two attached hydrogens (primary N) is 1. The van der Waals surface area contributed by atoms with Crippen LogP contribution in [0.15, 0.2) is 24.3 Å². The van der Waals surface area contributed by atoms with Crippen molar-refractivity contribution in [3.05, 3.63) is 29.8 Å². The maximum absolute atomic E-state index is 6.02. The van der Waals surface area contributed by atoms with E-state index >= 15 is 0 Å². The number of anilines is 1. The van der Waals surface area contributed by atoms with Crippen molar-refractivity contribution in [1.29, 1.82) is 0 Å². The van der Waals surface area contributed by atoms with Crippen LogP contribution in [0.2, 0.25) is 0 Å². The smallest absolute Gasteiger partial charge is 0.0363 e. The van der Waals surface area contributed by atoms with Crippen LogP contribution in [-0.2, 0) is 0 Å². The molecule has 2 nitrogen and oxygen atoms in total. The average molecular weight is 232 g/mol. The molecular formula is C15H24N2. The second kappa shape index (κ2) is 5.54. The predicted molar refractivity (Wildman–Crippen MR) is 74.3 cm³/mol. The van der Waals surface area contributed by atoms with Gasteiger partial charge in [-0.1, -0.05) is 25.5 Å². The standard InChI is InChI=1S/C15H24N2/c1-3-15(16)13-7-9-14(10-8-13)17(2)11-12-5-4-6-12/h7-10,12,15H,3-6,11,16H2,1-2H3/t15-/m1/s1. The van der Waals surface area contributed by atoms with Crippen molar-refractivity contribution in [3.8, 4) is 0 Å². The molecule has 0 aliphatic heterocycles. The first-order chi connectivity index (χ1) is 8.20. The molecule has 1 aliphatic carbocycles. The number of benzene rings is 1. The van der Waals surface area contributed by atoms with Gasteiger partial charge in [-0.25, -0.2) is 0 Å². The van der Waals surface area contributed by atoms with Gasteiger partial charge < -0.3 is 10.6 Å². The van der Waals surface area contributed by atoms with Gasteiger partial charge in [0.05, 0.1) is 0 Å². The van der Waals surface area contributed by atoms with Crippen molar-refractivity contribution in [3.63, 3.8) is 0 Å². The number of nitrogens with zero attached hydrogens (tertiary/aromatic N) is 1. The SMILES string of the molecule is CC[C@@H](N)c1ccc(N(C)CC2CCC2)cc1. The Morgan fingerprint density at radius 2 is 1.94 bits per heavy atom. The fourth-order valence-corrected chi connectivity index (χ4v) is 2.38. The summed E-state index contributed by atoms with van der Waals surface area (Å²) in [4.78, 5) is 2.37. The van der Waals surface area contributed by atoms with Gasteiger partial charge in [0.25, 0.3) is 0 Å². The Hall–Kier alpha value is -1.02. The van der Waals surface area contributed by atoms with Crippen LogP contribution in [0.3, 0.4) is 0 Å². The van der Waals surface area contributed by atoms with Gasteiger partial charge in [0.2, 0.25) is 0 Å². The normalized spacial score (nSPS) is 17.6. The van der Waals surface area contributed by atoms with Crippen LogP contribution < -0.4 is 10.6 Å². The number of hydrogen-bond donors (Lipinski definition) is 1. The highest BCUT2D eigenvalue weighted by molar-refractivity contribution is 5.47. The lowest BCUT2D eigenvalue weighted by molar-refractivity contribution is 0.321. The highest BCUT2D eigenvalue weighted by Crippen LogP contribution is 2.28. The topological polar surface area (TPSA) is 29.3 Å². The summed E-state index contributed by atoms with van der Waals surface area (Å²) in [5.41, 5.74) is 8.57. The Morgan fingerprint density at radius 1 is 1.29 bits per heavy atom. The first kappa shape index (κ1) is 12.4. The molecule has 0 spiro atoms. The zero-order valence-electron chi connectivity index (χ0n) is 11.0. The molecule has 2 N–H and O–H groups in total. The Morgan fingerprint density at radius 3 is 2.41 bits per heavy atom. The van der Waals surface area contributed by atoms with Crippen molar-refractivity contribution in [1.82, 2.24) is 0 Å². The maximum atomic E-state index is 6.02. The van der Waals surface area contributed by atoms with Crippen LogP contribution in [0.4, 0.5) is 5.69 Å². The molecule has 0 radical (unpaired) electrons. The van der Waals surface area contributed by atoms with E-state index in [2.05, 4.69) is 43.1 Å². The second-order valence-electron chi connectivity index (χ2n) is 5.28. The van der Waals surface area contributed by atoms with E-state index < -0.39 is 0 Å². The average Bonchev–Trinajstić information content (AvgIpc) is 2.32. The molecule has 2 heteroatoms. The fourth-order valence-electron chi connectivity index (χ4n) is 2.38.